The monoisotopic (exact) mass is 209 g/mol. The van der Waals surface area contributed by atoms with Gasteiger partial charge in [0.1, 0.15) is 0 Å². The van der Waals surface area contributed by atoms with Crippen molar-refractivity contribution in [3.8, 4) is 0 Å². The Morgan fingerprint density at radius 1 is 1.40 bits per heavy atom. The quantitative estimate of drug-likeness (QED) is 0.807. The lowest BCUT2D eigenvalue weighted by Crippen LogP contribution is -2.24. The first kappa shape index (κ1) is 12.2. The zero-order valence-electron chi connectivity index (χ0n) is 10.5. The molecule has 0 aliphatic carbocycles. The van der Waals surface area contributed by atoms with Gasteiger partial charge in [0.05, 0.1) is 5.69 Å². The average molecular weight is 209 g/mol. The third kappa shape index (κ3) is 2.59. The van der Waals surface area contributed by atoms with E-state index in [0.717, 1.165) is 5.69 Å². The highest BCUT2D eigenvalue weighted by Gasteiger charge is 2.21. The maximum Gasteiger partial charge on any atom is 0.0641 e. The second-order valence-corrected chi connectivity index (χ2v) is 4.19. The first-order valence-electron chi connectivity index (χ1n) is 5.81. The number of nitrogens with one attached hydrogen (secondary N) is 1. The van der Waals surface area contributed by atoms with Gasteiger partial charge < -0.3 is 5.32 Å². The molecule has 1 aromatic heterocycles. The molecule has 0 spiro atoms. The number of nitrogens with zero attached hydrogens (tertiary/aromatic N) is 2. The van der Waals surface area contributed by atoms with Crippen LogP contribution in [0.25, 0.3) is 0 Å². The molecule has 3 nitrogen and oxygen atoms in total. The summed E-state index contributed by atoms with van der Waals surface area (Å²) in [6.45, 7) is 6.59. The molecule has 0 bridgehead atoms. The van der Waals surface area contributed by atoms with Gasteiger partial charge in [-0.2, -0.15) is 5.10 Å². The molecule has 0 aromatic carbocycles. The Morgan fingerprint density at radius 3 is 2.33 bits per heavy atom. The first-order chi connectivity index (χ1) is 7.13. The molecule has 1 heterocycles. The van der Waals surface area contributed by atoms with Crippen LogP contribution in [0.1, 0.15) is 44.0 Å². The molecular formula is C12H23N3. The third-order valence-electron chi connectivity index (χ3n) is 3.22. The molecule has 0 amide bonds. The standard InChI is InChI=1S/C12H23N3/c1-6-10(7-2)12(13-4)11-8-15(5)14-9(11)3/h8,10,12-13H,6-7H2,1-5H3. The predicted octanol–water partition coefficient (Wildman–Crippen LogP) is 2.43. The summed E-state index contributed by atoms with van der Waals surface area (Å²) in [4.78, 5) is 0. The molecule has 0 aliphatic heterocycles. The highest BCUT2D eigenvalue weighted by Crippen LogP contribution is 2.28. The van der Waals surface area contributed by atoms with E-state index in [4.69, 9.17) is 0 Å². The maximum atomic E-state index is 4.41. The number of aryl methyl sites for hydroxylation is 2. The number of hydrogen-bond donors (Lipinski definition) is 1. The minimum absolute atomic E-state index is 0.439. The van der Waals surface area contributed by atoms with Crippen LogP contribution in [0.3, 0.4) is 0 Å². The molecule has 0 saturated carbocycles. The fourth-order valence-corrected chi connectivity index (χ4v) is 2.33. The van der Waals surface area contributed by atoms with Crippen LogP contribution in [0.2, 0.25) is 0 Å². The smallest absolute Gasteiger partial charge is 0.0641 e. The molecule has 0 saturated heterocycles. The molecule has 0 fully saturated rings. The van der Waals surface area contributed by atoms with Gasteiger partial charge in [-0.15, -0.1) is 0 Å². The van der Waals surface area contributed by atoms with E-state index in [-0.39, 0.29) is 0 Å². The van der Waals surface area contributed by atoms with Crippen molar-refractivity contribution in [1.29, 1.82) is 0 Å². The van der Waals surface area contributed by atoms with Crippen molar-refractivity contribution in [3.63, 3.8) is 0 Å². The summed E-state index contributed by atoms with van der Waals surface area (Å²) in [6, 6.07) is 0.439. The van der Waals surface area contributed by atoms with Crippen LogP contribution < -0.4 is 5.32 Å². The van der Waals surface area contributed by atoms with E-state index < -0.39 is 0 Å². The molecule has 3 heteroatoms. The van der Waals surface area contributed by atoms with Gasteiger partial charge >= 0.3 is 0 Å². The number of hydrogen-bond acceptors (Lipinski definition) is 2. The summed E-state index contributed by atoms with van der Waals surface area (Å²) < 4.78 is 1.90. The van der Waals surface area contributed by atoms with Crippen molar-refractivity contribution < 1.29 is 0 Å². The molecule has 1 aromatic rings. The number of aromatic nitrogens is 2. The van der Waals surface area contributed by atoms with Crippen molar-refractivity contribution in [1.82, 2.24) is 15.1 Å². The van der Waals surface area contributed by atoms with Gasteiger partial charge in [0.15, 0.2) is 0 Å². The van der Waals surface area contributed by atoms with Gasteiger partial charge in [-0.3, -0.25) is 4.68 Å². The Morgan fingerprint density at radius 2 is 2.00 bits per heavy atom. The van der Waals surface area contributed by atoms with Gasteiger partial charge in [-0.1, -0.05) is 26.7 Å². The van der Waals surface area contributed by atoms with Crippen molar-refractivity contribution >= 4 is 0 Å². The summed E-state index contributed by atoms with van der Waals surface area (Å²) in [6.07, 6.45) is 4.54. The Bertz CT molecular complexity index is 300. The Kier molecular flexibility index (Phi) is 4.33. The van der Waals surface area contributed by atoms with Crippen molar-refractivity contribution in [3.05, 3.63) is 17.5 Å². The average Bonchev–Trinajstić information content (AvgIpc) is 2.54. The molecule has 1 N–H and O–H groups in total. The fraction of sp³-hybridized carbons (Fsp3) is 0.750. The van der Waals surface area contributed by atoms with Gasteiger partial charge in [0.25, 0.3) is 0 Å². The third-order valence-corrected chi connectivity index (χ3v) is 3.22. The zero-order chi connectivity index (χ0) is 11.4. The zero-order valence-corrected chi connectivity index (χ0v) is 10.5. The lowest BCUT2D eigenvalue weighted by atomic mass is 9.89. The first-order valence-corrected chi connectivity index (χ1v) is 5.81. The highest BCUT2D eigenvalue weighted by atomic mass is 15.3. The van der Waals surface area contributed by atoms with E-state index in [2.05, 4.69) is 37.4 Å². The van der Waals surface area contributed by atoms with E-state index in [1.807, 2.05) is 18.8 Å². The Hall–Kier alpha value is -0.830. The Balaban J connectivity index is 2.95. The molecule has 15 heavy (non-hydrogen) atoms. The lowest BCUT2D eigenvalue weighted by Gasteiger charge is -2.24. The van der Waals surface area contributed by atoms with Gasteiger partial charge in [-0.05, 0) is 19.9 Å². The van der Waals surface area contributed by atoms with E-state index in [1.165, 1.54) is 18.4 Å². The van der Waals surface area contributed by atoms with Gasteiger partial charge in [-0.25, -0.2) is 0 Å². The Labute approximate surface area is 92.9 Å². The topological polar surface area (TPSA) is 29.9 Å². The highest BCUT2D eigenvalue weighted by molar-refractivity contribution is 5.20. The predicted molar refractivity (Wildman–Crippen MR) is 63.8 cm³/mol. The van der Waals surface area contributed by atoms with Crippen molar-refractivity contribution in [2.24, 2.45) is 13.0 Å². The van der Waals surface area contributed by atoms with Crippen LogP contribution in [0.15, 0.2) is 6.20 Å². The van der Waals surface area contributed by atoms with Crippen LogP contribution in [-0.4, -0.2) is 16.8 Å². The maximum absolute atomic E-state index is 4.41. The van der Waals surface area contributed by atoms with Crippen LogP contribution >= 0.6 is 0 Å². The lowest BCUT2D eigenvalue weighted by molar-refractivity contribution is 0.358. The molecule has 0 aliphatic rings. The van der Waals surface area contributed by atoms with E-state index in [1.54, 1.807) is 0 Å². The minimum atomic E-state index is 0.439. The van der Waals surface area contributed by atoms with E-state index in [9.17, 15) is 0 Å². The van der Waals surface area contributed by atoms with Crippen LogP contribution in [0.5, 0.6) is 0 Å². The summed E-state index contributed by atoms with van der Waals surface area (Å²) in [5, 5.41) is 7.83. The van der Waals surface area contributed by atoms with E-state index in [0.29, 0.717) is 12.0 Å². The SMILES string of the molecule is CCC(CC)C(NC)c1cn(C)nc1C. The van der Waals surface area contributed by atoms with E-state index >= 15 is 0 Å². The van der Waals surface area contributed by atoms with Crippen molar-refractivity contribution in [2.45, 2.75) is 39.7 Å². The molecule has 1 unspecified atom stereocenters. The summed E-state index contributed by atoms with van der Waals surface area (Å²) in [5.41, 5.74) is 2.48. The molecule has 1 rings (SSSR count). The van der Waals surface area contributed by atoms with Crippen LogP contribution in [-0.2, 0) is 7.05 Å². The second kappa shape index (κ2) is 5.31. The largest absolute Gasteiger partial charge is 0.313 e. The fourth-order valence-electron chi connectivity index (χ4n) is 2.33. The minimum Gasteiger partial charge on any atom is -0.313 e. The number of rotatable bonds is 5. The van der Waals surface area contributed by atoms with Gasteiger partial charge in [0.2, 0.25) is 0 Å². The van der Waals surface area contributed by atoms with Crippen LogP contribution in [0.4, 0.5) is 0 Å². The van der Waals surface area contributed by atoms with Crippen LogP contribution in [0, 0.1) is 12.8 Å². The van der Waals surface area contributed by atoms with Crippen molar-refractivity contribution in [2.75, 3.05) is 7.05 Å². The summed E-state index contributed by atoms with van der Waals surface area (Å²) in [7, 11) is 4.02. The molecule has 1 atom stereocenters. The molecule has 0 radical (unpaired) electrons. The molecular weight excluding hydrogens is 186 g/mol. The van der Waals surface area contributed by atoms with Gasteiger partial charge in [0, 0.05) is 24.8 Å². The second-order valence-electron chi connectivity index (χ2n) is 4.19. The summed E-state index contributed by atoms with van der Waals surface area (Å²) >= 11 is 0. The normalized spacial score (nSPS) is 13.5. The summed E-state index contributed by atoms with van der Waals surface area (Å²) in [5.74, 6) is 0.692. The molecule has 86 valence electrons.